The number of carboxylic acid groups (broad SMARTS) is 1. The van der Waals surface area contributed by atoms with Crippen molar-refractivity contribution in [3.8, 4) is 0 Å². The van der Waals surface area contributed by atoms with Gasteiger partial charge in [-0.3, -0.25) is 4.79 Å². The average molecular weight is 306 g/mol. The number of urea groups is 1. The Hall–Kier alpha value is -1.31. The Morgan fingerprint density at radius 2 is 2.05 bits per heavy atom. The number of sulfone groups is 1. The van der Waals surface area contributed by atoms with Crippen LogP contribution in [0.2, 0.25) is 0 Å². The molecule has 0 radical (unpaired) electrons. The SMILES string of the molecule is CC(CS(C)(=O)=O)NC(=O)N1CCCC(C)(C(=O)O)C1. The van der Waals surface area contributed by atoms with Gasteiger partial charge in [0.25, 0.3) is 0 Å². The highest BCUT2D eigenvalue weighted by molar-refractivity contribution is 7.90. The van der Waals surface area contributed by atoms with Crippen LogP contribution in [0.3, 0.4) is 0 Å². The van der Waals surface area contributed by atoms with E-state index in [2.05, 4.69) is 5.32 Å². The molecule has 1 fully saturated rings. The zero-order valence-corrected chi connectivity index (χ0v) is 12.9. The maximum absolute atomic E-state index is 12.0. The Bertz CT molecular complexity index is 490. The molecule has 7 nitrogen and oxygen atoms in total. The largest absolute Gasteiger partial charge is 0.481 e. The molecule has 0 bridgehead atoms. The molecular weight excluding hydrogens is 284 g/mol. The van der Waals surface area contributed by atoms with Gasteiger partial charge >= 0.3 is 12.0 Å². The lowest BCUT2D eigenvalue weighted by molar-refractivity contribution is -0.150. The predicted molar refractivity (Wildman–Crippen MR) is 74.3 cm³/mol. The summed E-state index contributed by atoms with van der Waals surface area (Å²) in [6.07, 6.45) is 2.26. The molecule has 0 aromatic heterocycles. The van der Waals surface area contributed by atoms with Crippen LogP contribution in [0, 0.1) is 5.41 Å². The maximum Gasteiger partial charge on any atom is 0.317 e. The lowest BCUT2D eigenvalue weighted by atomic mass is 9.82. The van der Waals surface area contributed by atoms with Gasteiger partial charge in [0.05, 0.1) is 11.2 Å². The molecule has 1 heterocycles. The normalized spacial score (nSPS) is 25.1. The summed E-state index contributed by atoms with van der Waals surface area (Å²) >= 11 is 0. The molecule has 0 saturated carbocycles. The molecule has 116 valence electrons. The average Bonchev–Trinajstić information content (AvgIpc) is 2.26. The van der Waals surface area contributed by atoms with Crippen molar-refractivity contribution in [2.45, 2.75) is 32.7 Å². The number of rotatable bonds is 4. The van der Waals surface area contributed by atoms with Gasteiger partial charge < -0.3 is 15.3 Å². The fourth-order valence-electron chi connectivity index (χ4n) is 2.39. The first-order chi connectivity index (χ1) is 9.03. The van der Waals surface area contributed by atoms with E-state index in [1.807, 2.05) is 0 Å². The van der Waals surface area contributed by atoms with Crippen molar-refractivity contribution in [1.29, 1.82) is 0 Å². The van der Waals surface area contributed by atoms with Crippen LogP contribution in [-0.4, -0.2) is 61.6 Å². The smallest absolute Gasteiger partial charge is 0.317 e. The second-order valence-corrected chi connectivity index (χ2v) is 8.02. The van der Waals surface area contributed by atoms with Crippen molar-refractivity contribution in [3.63, 3.8) is 0 Å². The van der Waals surface area contributed by atoms with Crippen molar-refractivity contribution < 1.29 is 23.1 Å². The molecule has 20 heavy (non-hydrogen) atoms. The molecule has 0 aromatic rings. The van der Waals surface area contributed by atoms with E-state index in [4.69, 9.17) is 0 Å². The third kappa shape index (κ3) is 4.66. The first-order valence-electron chi connectivity index (χ1n) is 6.50. The van der Waals surface area contributed by atoms with Crippen LogP contribution in [-0.2, 0) is 14.6 Å². The highest BCUT2D eigenvalue weighted by Crippen LogP contribution is 2.29. The van der Waals surface area contributed by atoms with Crippen molar-refractivity contribution in [2.75, 3.05) is 25.1 Å². The quantitative estimate of drug-likeness (QED) is 0.778. The molecule has 1 saturated heterocycles. The van der Waals surface area contributed by atoms with E-state index in [-0.39, 0.29) is 12.3 Å². The highest BCUT2D eigenvalue weighted by Gasteiger charge is 2.39. The first-order valence-corrected chi connectivity index (χ1v) is 8.56. The molecule has 2 atom stereocenters. The number of aliphatic carboxylic acids is 1. The van der Waals surface area contributed by atoms with Crippen LogP contribution in [0.15, 0.2) is 0 Å². The lowest BCUT2D eigenvalue weighted by Gasteiger charge is -2.37. The lowest BCUT2D eigenvalue weighted by Crippen LogP contribution is -2.53. The summed E-state index contributed by atoms with van der Waals surface area (Å²) in [6.45, 7) is 3.86. The van der Waals surface area contributed by atoms with Crippen molar-refractivity contribution >= 4 is 21.8 Å². The Balaban J connectivity index is 2.62. The minimum absolute atomic E-state index is 0.136. The molecule has 0 aromatic carbocycles. The van der Waals surface area contributed by atoms with Crippen molar-refractivity contribution in [3.05, 3.63) is 0 Å². The summed E-state index contributed by atoms with van der Waals surface area (Å²) in [4.78, 5) is 24.7. The molecular formula is C12H22N2O5S. The van der Waals surface area contributed by atoms with Crippen molar-refractivity contribution in [1.82, 2.24) is 10.2 Å². The van der Waals surface area contributed by atoms with Gasteiger partial charge in [0.2, 0.25) is 0 Å². The van der Waals surface area contributed by atoms with Crippen LogP contribution in [0.25, 0.3) is 0 Å². The minimum atomic E-state index is -3.16. The van der Waals surface area contributed by atoms with Gasteiger partial charge in [0.1, 0.15) is 9.84 Å². The summed E-state index contributed by atoms with van der Waals surface area (Å²) in [5.41, 5.74) is -0.935. The van der Waals surface area contributed by atoms with Gasteiger partial charge in [-0.2, -0.15) is 0 Å². The number of piperidine rings is 1. The third-order valence-corrected chi connectivity index (χ3v) is 4.53. The number of nitrogens with zero attached hydrogens (tertiary/aromatic N) is 1. The van der Waals surface area contributed by atoms with Gasteiger partial charge in [0.15, 0.2) is 0 Å². The van der Waals surface area contributed by atoms with Crippen LogP contribution in [0.5, 0.6) is 0 Å². The van der Waals surface area contributed by atoms with Crippen LogP contribution in [0.1, 0.15) is 26.7 Å². The molecule has 0 spiro atoms. The van der Waals surface area contributed by atoms with Gasteiger partial charge in [-0.05, 0) is 26.7 Å². The minimum Gasteiger partial charge on any atom is -0.481 e. The number of carboxylic acids is 1. The Labute approximate surface area is 119 Å². The third-order valence-electron chi connectivity index (χ3n) is 3.42. The number of hydrogen-bond donors (Lipinski definition) is 2. The molecule has 8 heteroatoms. The van der Waals surface area contributed by atoms with E-state index in [0.29, 0.717) is 19.4 Å². The van der Waals surface area contributed by atoms with Crippen LogP contribution < -0.4 is 5.32 Å². The Kier molecular flexibility index (Phi) is 5.01. The van der Waals surface area contributed by atoms with Gasteiger partial charge in [-0.25, -0.2) is 13.2 Å². The fraction of sp³-hybridized carbons (Fsp3) is 0.833. The summed E-state index contributed by atoms with van der Waals surface area (Å²) in [5, 5.41) is 11.8. The monoisotopic (exact) mass is 306 g/mol. The molecule has 1 aliphatic rings. The number of nitrogens with one attached hydrogen (secondary N) is 1. The Morgan fingerprint density at radius 1 is 1.45 bits per heavy atom. The molecule has 0 aliphatic carbocycles. The topological polar surface area (TPSA) is 104 Å². The molecule has 1 rings (SSSR count). The van der Waals surface area contributed by atoms with E-state index in [1.165, 1.54) is 4.90 Å². The number of hydrogen-bond acceptors (Lipinski definition) is 4. The number of carbonyl (C=O) groups is 2. The van der Waals surface area contributed by atoms with E-state index in [1.54, 1.807) is 13.8 Å². The van der Waals surface area contributed by atoms with Crippen molar-refractivity contribution in [2.24, 2.45) is 5.41 Å². The first kappa shape index (κ1) is 16.7. The zero-order valence-electron chi connectivity index (χ0n) is 12.0. The number of likely N-dealkylation sites (tertiary alicyclic amines) is 1. The molecule has 2 N–H and O–H groups in total. The standard InChI is InChI=1S/C12H22N2O5S/c1-9(7-20(3,18)19)13-11(17)14-6-4-5-12(2,8-14)10(15)16/h9H,4-8H2,1-3H3,(H,13,17)(H,15,16). The zero-order chi connectivity index (χ0) is 15.6. The van der Waals surface area contributed by atoms with Crippen LogP contribution >= 0.6 is 0 Å². The van der Waals surface area contributed by atoms with E-state index in [9.17, 15) is 23.1 Å². The maximum atomic E-state index is 12.0. The van der Waals surface area contributed by atoms with E-state index < -0.39 is 33.3 Å². The van der Waals surface area contributed by atoms with E-state index >= 15 is 0 Å². The number of carbonyl (C=O) groups excluding carboxylic acids is 1. The van der Waals surface area contributed by atoms with Gasteiger partial charge in [0, 0.05) is 25.4 Å². The second kappa shape index (κ2) is 5.99. The summed E-state index contributed by atoms with van der Waals surface area (Å²) < 4.78 is 22.3. The highest BCUT2D eigenvalue weighted by atomic mass is 32.2. The second-order valence-electron chi connectivity index (χ2n) is 5.83. The van der Waals surface area contributed by atoms with Gasteiger partial charge in [-0.1, -0.05) is 0 Å². The molecule has 2 amide bonds. The fourth-order valence-corrected chi connectivity index (χ4v) is 3.38. The summed E-state index contributed by atoms with van der Waals surface area (Å²) in [6, 6.07) is -0.913. The molecule has 1 aliphatic heterocycles. The summed E-state index contributed by atoms with van der Waals surface area (Å²) in [7, 11) is -3.16. The Morgan fingerprint density at radius 3 is 2.55 bits per heavy atom. The van der Waals surface area contributed by atoms with E-state index in [0.717, 1.165) is 6.26 Å². The molecule has 2 unspecified atom stereocenters. The summed E-state index contributed by atoms with van der Waals surface area (Å²) in [5.74, 6) is -1.05. The number of amides is 2. The van der Waals surface area contributed by atoms with Gasteiger partial charge in [-0.15, -0.1) is 0 Å². The predicted octanol–water partition coefficient (Wildman–Crippen LogP) is 0.316. The van der Waals surface area contributed by atoms with Crippen LogP contribution in [0.4, 0.5) is 4.79 Å².